The fraction of sp³-hybridized carbons (Fsp3) is 0.190. The van der Waals surface area contributed by atoms with Crippen LogP contribution in [0.3, 0.4) is 0 Å². The summed E-state index contributed by atoms with van der Waals surface area (Å²) in [7, 11) is 0. The molecule has 0 radical (unpaired) electrons. The molecular weight excluding hydrogens is 367 g/mol. The molecule has 3 aromatic rings. The molecule has 2 amide bonds. The van der Waals surface area contributed by atoms with Crippen LogP contribution in [0.4, 0.5) is 10.1 Å². The normalized spacial score (nSPS) is 13.6. The van der Waals surface area contributed by atoms with Crippen molar-refractivity contribution in [1.82, 2.24) is 4.98 Å². The smallest absolute Gasteiger partial charge is 0.268 e. The number of amides is 2. The summed E-state index contributed by atoms with van der Waals surface area (Å²) in [6.07, 6.45) is 1.23. The number of fused-ring (bicyclic) bond motifs is 2. The largest absolute Gasteiger partial charge is 0.284 e. The van der Waals surface area contributed by atoms with Crippen molar-refractivity contribution in [2.45, 2.75) is 26.7 Å². The highest BCUT2D eigenvalue weighted by Crippen LogP contribution is 2.37. The predicted octanol–water partition coefficient (Wildman–Crippen LogP) is 4.95. The summed E-state index contributed by atoms with van der Waals surface area (Å²) in [6, 6.07) is 9.32. The standard InChI is InChI=1S/C21H16ClFN2O2/c1-3-11-6-8-16(22)14(4-2)19(11)25-20(26)15-9-12-5-7-13(23)10-17(12)24-18(15)21(25)27/h5-10H,3-4H2,1-2H3. The fourth-order valence-corrected chi connectivity index (χ4v) is 3.83. The van der Waals surface area contributed by atoms with Gasteiger partial charge in [-0.15, -0.1) is 0 Å². The van der Waals surface area contributed by atoms with Gasteiger partial charge in [-0.3, -0.25) is 9.59 Å². The van der Waals surface area contributed by atoms with E-state index in [0.717, 1.165) is 16.0 Å². The summed E-state index contributed by atoms with van der Waals surface area (Å²) in [5.41, 5.74) is 2.76. The second-order valence-corrected chi connectivity index (χ2v) is 6.82. The number of hydrogen-bond donors (Lipinski definition) is 0. The van der Waals surface area contributed by atoms with Crippen molar-refractivity contribution < 1.29 is 14.0 Å². The number of nitrogens with zero attached hydrogens (tertiary/aromatic N) is 2. The third-order valence-corrected chi connectivity index (χ3v) is 5.24. The molecule has 0 saturated carbocycles. The highest BCUT2D eigenvalue weighted by atomic mass is 35.5. The van der Waals surface area contributed by atoms with Crippen LogP contribution in [0.25, 0.3) is 10.9 Å². The van der Waals surface area contributed by atoms with Gasteiger partial charge in [-0.25, -0.2) is 14.3 Å². The van der Waals surface area contributed by atoms with Gasteiger partial charge < -0.3 is 0 Å². The minimum absolute atomic E-state index is 0.0437. The number of carbonyl (C=O) groups excluding carboxylic acids is 2. The van der Waals surface area contributed by atoms with Gasteiger partial charge >= 0.3 is 0 Å². The van der Waals surface area contributed by atoms with Crippen molar-refractivity contribution in [3.8, 4) is 0 Å². The van der Waals surface area contributed by atoms with E-state index in [1.807, 2.05) is 19.9 Å². The molecule has 0 bridgehead atoms. The van der Waals surface area contributed by atoms with Crippen molar-refractivity contribution in [3.05, 3.63) is 69.6 Å². The highest BCUT2D eigenvalue weighted by Gasteiger charge is 2.40. The first-order valence-electron chi connectivity index (χ1n) is 8.75. The molecule has 2 heterocycles. The van der Waals surface area contributed by atoms with Gasteiger partial charge in [0.15, 0.2) is 0 Å². The molecule has 136 valence electrons. The van der Waals surface area contributed by atoms with Crippen LogP contribution in [-0.2, 0) is 12.8 Å². The van der Waals surface area contributed by atoms with E-state index in [9.17, 15) is 14.0 Å². The van der Waals surface area contributed by atoms with E-state index in [1.54, 1.807) is 18.2 Å². The highest BCUT2D eigenvalue weighted by molar-refractivity contribution is 6.36. The Hall–Kier alpha value is -2.79. The van der Waals surface area contributed by atoms with E-state index in [1.165, 1.54) is 12.1 Å². The number of halogens is 2. The fourth-order valence-electron chi connectivity index (χ4n) is 3.55. The zero-order chi connectivity index (χ0) is 19.3. The lowest BCUT2D eigenvalue weighted by Gasteiger charge is -2.22. The van der Waals surface area contributed by atoms with Crippen LogP contribution in [-0.4, -0.2) is 16.8 Å². The Morgan fingerprint density at radius 3 is 2.52 bits per heavy atom. The number of benzene rings is 2. The lowest BCUT2D eigenvalue weighted by atomic mass is 10.0. The third kappa shape index (κ3) is 2.61. The number of hydrogen-bond acceptors (Lipinski definition) is 3. The first-order chi connectivity index (χ1) is 13.0. The van der Waals surface area contributed by atoms with Gasteiger partial charge in [0.25, 0.3) is 11.8 Å². The lowest BCUT2D eigenvalue weighted by molar-refractivity contribution is 0.0924. The van der Waals surface area contributed by atoms with E-state index < -0.39 is 17.6 Å². The minimum atomic E-state index is -0.507. The van der Waals surface area contributed by atoms with Crippen LogP contribution in [0.1, 0.15) is 45.8 Å². The van der Waals surface area contributed by atoms with E-state index >= 15 is 0 Å². The zero-order valence-corrected chi connectivity index (χ0v) is 15.6. The Kier molecular flexibility index (Phi) is 4.19. The van der Waals surface area contributed by atoms with Crippen LogP contribution in [0.2, 0.25) is 5.02 Å². The molecule has 0 spiro atoms. The van der Waals surface area contributed by atoms with E-state index in [0.29, 0.717) is 34.5 Å². The number of pyridine rings is 1. The van der Waals surface area contributed by atoms with Gasteiger partial charge in [0.05, 0.1) is 16.8 Å². The van der Waals surface area contributed by atoms with Crippen molar-refractivity contribution in [2.75, 3.05) is 4.90 Å². The maximum Gasteiger partial charge on any atom is 0.284 e. The molecule has 4 rings (SSSR count). The SMILES string of the molecule is CCc1ccc(Cl)c(CC)c1N1C(=O)c2cc3ccc(F)cc3nc2C1=O. The van der Waals surface area contributed by atoms with E-state index in [2.05, 4.69) is 4.98 Å². The number of anilines is 1. The summed E-state index contributed by atoms with van der Waals surface area (Å²) in [6.45, 7) is 3.89. The van der Waals surface area contributed by atoms with Gasteiger partial charge in [0.1, 0.15) is 11.5 Å². The maximum atomic E-state index is 13.5. The molecule has 2 aromatic carbocycles. The predicted molar refractivity (Wildman–Crippen MR) is 103 cm³/mol. The molecule has 4 nitrogen and oxygen atoms in total. The molecule has 0 fully saturated rings. The Morgan fingerprint density at radius 2 is 1.81 bits per heavy atom. The zero-order valence-electron chi connectivity index (χ0n) is 14.8. The number of carbonyl (C=O) groups is 2. The molecule has 1 aromatic heterocycles. The number of aromatic nitrogens is 1. The molecule has 1 aliphatic rings. The summed E-state index contributed by atoms with van der Waals surface area (Å²) < 4.78 is 13.5. The van der Waals surface area contributed by atoms with Crippen LogP contribution >= 0.6 is 11.6 Å². The maximum absolute atomic E-state index is 13.5. The molecule has 27 heavy (non-hydrogen) atoms. The number of imide groups is 1. The van der Waals surface area contributed by atoms with Crippen molar-refractivity contribution in [1.29, 1.82) is 0 Å². The van der Waals surface area contributed by atoms with Crippen LogP contribution in [0.5, 0.6) is 0 Å². The molecule has 0 N–H and O–H groups in total. The lowest BCUT2D eigenvalue weighted by Crippen LogP contribution is -2.31. The number of aryl methyl sites for hydroxylation is 1. The topological polar surface area (TPSA) is 50.3 Å². The summed E-state index contributed by atoms with van der Waals surface area (Å²) in [5.74, 6) is -1.38. The minimum Gasteiger partial charge on any atom is -0.268 e. The van der Waals surface area contributed by atoms with E-state index in [4.69, 9.17) is 11.6 Å². The monoisotopic (exact) mass is 382 g/mol. The molecule has 0 saturated heterocycles. The number of rotatable bonds is 3. The second-order valence-electron chi connectivity index (χ2n) is 6.41. The van der Waals surface area contributed by atoms with Gasteiger partial charge in [0.2, 0.25) is 0 Å². The molecule has 0 aliphatic carbocycles. The Bertz CT molecular complexity index is 1130. The molecular formula is C21H16ClFN2O2. The van der Waals surface area contributed by atoms with Crippen molar-refractivity contribution in [2.24, 2.45) is 0 Å². The van der Waals surface area contributed by atoms with Gasteiger partial charge in [-0.05, 0) is 48.2 Å². The second kappa shape index (κ2) is 6.43. The Balaban J connectivity index is 1.94. The molecule has 0 atom stereocenters. The van der Waals surface area contributed by atoms with Crippen LogP contribution in [0.15, 0.2) is 36.4 Å². The van der Waals surface area contributed by atoms with Gasteiger partial charge in [0, 0.05) is 16.5 Å². The average Bonchev–Trinajstić information content (AvgIpc) is 2.89. The molecule has 0 unspecified atom stereocenters. The van der Waals surface area contributed by atoms with E-state index in [-0.39, 0.29) is 11.3 Å². The molecule has 1 aliphatic heterocycles. The Morgan fingerprint density at radius 1 is 1.04 bits per heavy atom. The quantitative estimate of drug-likeness (QED) is 0.602. The van der Waals surface area contributed by atoms with Crippen molar-refractivity contribution >= 4 is 40.0 Å². The van der Waals surface area contributed by atoms with Gasteiger partial charge in [-0.2, -0.15) is 0 Å². The van der Waals surface area contributed by atoms with Crippen LogP contribution < -0.4 is 4.90 Å². The first kappa shape index (κ1) is 17.6. The average molecular weight is 383 g/mol. The Labute approximate surface area is 160 Å². The summed E-state index contributed by atoms with van der Waals surface area (Å²) >= 11 is 6.34. The summed E-state index contributed by atoms with van der Waals surface area (Å²) in [4.78, 5) is 31.6. The first-order valence-corrected chi connectivity index (χ1v) is 9.13. The molecule has 6 heteroatoms. The van der Waals surface area contributed by atoms with Gasteiger partial charge in [-0.1, -0.05) is 31.5 Å². The van der Waals surface area contributed by atoms with Crippen molar-refractivity contribution in [3.63, 3.8) is 0 Å². The van der Waals surface area contributed by atoms with Crippen LogP contribution in [0, 0.1) is 5.82 Å². The summed E-state index contributed by atoms with van der Waals surface area (Å²) in [5, 5.41) is 1.12. The third-order valence-electron chi connectivity index (χ3n) is 4.89.